The highest BCUT2D eigenvalue weighted by Crippen LogP contribution is 2.43. The van der Waals surface area contributed by atoms with E-state index in [2.05, 4.69) is 15.3 Å². The van der Waals surface area contributed by atoms with E-state index in [0.717, 1.165) is 11.1 Å². The number of rotatable bonds is 10. The second-order valence-corrected chi connectivity index (χ2v) is 10.0. The van der Waals surface area contributed by atoms with Crippen LogP contribution in [-0.4, -0.2) is 32.9 Å². The Morgan fingerprint density at radius 3 is 2.29 bits per heavy atom. The van der Waals surface area contributed by atoms with Crippen molar-refractivity contribution in [1.82, 2.24) is 9.97 Å². The molecule has 1 aliphatic carbocycles. The molecule has 1 amide bonds. The average Bonchev–Trinajstić information content (AvgIpc) is 2.94. The number of carbonyl (C=O) groups excluding carboxylic acids is 1. The molecule has 8 nitrogen and oxygen atoms in total. The van der Waals surface area contributed by atoms with Gasteiger partial charge in [-0.1, -0.05) is 35.9 Å². The van der Waals surface area contributed by atoms with Crippen LogP contribution in [0.5, 0.6) is 11.5 Å². The van der Waals surface area contributed by atoms with E-state index < -0.39 is 36.6 Å². The van der Waals surface area contributed by atoms with E-state index in [1.165, 1.54) is 18.2 Å². The number of hydrogen-bond acceptors (Lipinski definition) is 6. The van der Waals surface area contributed by atoms with E-state index in [4.69, 9.17) is 21.1 Å². The SMILES string of the molecule is O=C(O)c1cc(OCc2cnc(-c3cccc(OCc4cccc(Cl)c4)c3)nc2)ccc1NC(=O)C1CC(F)(F)C1. The molecule has 210 valence electrons. The number of ether oxygens (including phenoxy) is 2. The first-order valence-electron chi connectivity index (χ1n) is 12.6. The monoisotopic (exact) mass is 579 g/mol. The van der Waals surface area contributed by atoms with Crippen LogP contribution in [0.4, 0.5) is 14.5 Å². The predicted octanol–water partition coefficient (Wildman–Crippen LogP) is 6.64. The Balaban J connectivity index is 1.19. The fraction of sp³-hybridized carbons (Fsp3) is 0.200. The highest BCUT2D eigenvalue weighted by atomic mass is 35.5. The number of aromatic nitrogens is 2. The van der Waals surface area contributed by atoms with Crippen LogP contribution >= 0.6 is 11.6 Å². The minimum atomic E-state index is -2.85. The molecule has 0 bridgehead atoms. The van der Waals surface area contributed by atoms with Gasteiger partial charge in [-0.15, -0.1) is 0 Å². The summed E-state index contributed by atoms with van der Waals surface area (Å²) in [6, 6.07) is 18.9. The second-order valence-electron chi connectivity index (χ2n) is 9.61. The van der Waals surface area contributed by atoms with Crippen LogP contribution in [-0.2, 0) is 18.0 Å². The van der Waals surface area contributed by atoms with Crippen LogP contribution in [0.2, 0.25) is 5.02 Å². The Hall–Kier alpha value is -4.57. The highest BCUT2D eigenvalue weighted by Gasteiger charge is 2.48. The topological polar surface area (TPSA) is 111 Å². The lowest BCUT2D eigenvalue weighted by atomic mass is 9.80. The van der Waals surface area contributed by atoms with Crippen molar-refractivity contribution < 1.29 is 33.0 Å². The van der Waals surface area contributed by atoms with Gasteiger partial charge < -0.3 is 19.9 Å². The van der Waals surface area contributed by atoms with Gasteiger partial charge in [0.2, 0.25) is 11.8 Å². The standard InChI is InChI=1S/C30H24ClF2N3O5/c31-22-5-1-3-18(9-22)16-40-23-6-2-4-20(10-23)27-34-14-19(15-35-27)17-41-24-7-8-26(25(11-24)29(38)39)36-28(37)21-12-30(32,33)13-21/h1-11,14-15,21H,12-13,16-17H2,(H,36,37)(H,38,39). The van der Waals surface area contributed by atoms with Gasteiger partial charge in [0.25, 0.3) is 0 Å². The lowest BCUT2D eigenvalue weighted by Gasteiger charge is -2.33. The van der Waals surface area contributed by atoms with Gasteiger partial charge in [0.1, 0.15) is 24.7 Å². The lowest BCUT2D eigenvalue weighted by molar-refractivity contribution is -0.145. The van der Waals surface area contributed by atoms with Crippen molar-refractivity contribution in [2.75, 3.05) is 5.32 Å². The van der Waals surface area contributed by atoms with Crippen molar-refractivity contribution in [3.63, 3.8) is 0 Å². The summed E-state index contributed by atoms with van der Waals surface area (Å²) in [6.45, 7) is 0.419. The van der Waals surface area contributed by atoms with Crippen LogP contribution in [0.1, 0.15) is 34.3 Å². The molecular weight excluding hydrogens is 556 g/mol. The second kappa shape index (κ2) is 11.9. The van der Waals surface area contributed by atoms with Crippen molar-refractivity contribution in [3.05, 3.63) is 101 Å². The molecule has 0 unspecified atom stereocenters. The zero-order valence-corrected chi connectivity index (χ0v) is 22.3. The third kappa shape index (κ3) is 7.15. The summed E-state index contributed by atoms with van der Waals surface area (Å²) >= 11 is 6.03. The smallest absolute Gasteiger partial charge is 0.337 e. The molecule has 1 fully saturated rings. The van der Waals surface area contributed by atoms with Crippen molar-refractivity contribution in [3.8, 4) is 22.9 Å². The highest BCUT2D eigenvalue weighted by molar-refractivity contribution is 6.30. The number of carbonyl (C=O) groups is 2. The molecule has 0 atom stereocenters. The quantitative estimate of drug-likeness (QED) is 0.217. The fourth-order valence-corrected chi connectivity index (χ4v) is 4.46. The van der Waals surface area contributed by atoms with Crippen LogP contribution in [0.3, 0.4) is 0 Å². The van der Waals surface area contributed by atoms with Crippen LogP contribution < -0.4 is 14.8 Å². The van der Waals surface area contributed by atoms with Crippen molar-refractivity contribution in [1.29, 1.82) is 0 Å². The molecule has 0 spiro atoms. The summed E-state index contributed by atoms with van der Waals surface area (Å²) in [6.07, 6.45) is 2.10. The molecule has 1 aliphatic rings. The molecule has 3 aromatic carbocycles. The number of aromatic carboxylic acids is 1. The third-order valence-corrected chi connectivity index (χ3v) is 6.67. The molecule has 41 heavy (non-hydrogen) atoms. The lowest BCUT2D eigenvalue weighted by Crippen LogP contribution is -2.42. The maximum atomic E-state index is 13.1. The van der Waals surface area contributed by atoms with E-state index in [1.54, 1.807) is 18.5 Å². The number of hydrogen-bond donors (Lipinski definition) is 2. The summed E-state index contributed by atoms with van der Waals surface area (Å²) in [7, 11) is 0. The molecule has 1 aromatic heterocycles. The first-order chi connectivity index (χ1) is 19.6. The summed E-state index contributed by atoms with van der Waals surface area (Å²) in [5, 5.41) is 12.7. The van der Waals surface area contributed by atoms with Crippen LogP contribution in [0, 0.1) is 5.92 Å². The molecule has 4 aromatic rings. The third-order valence-electron chi connectivity index (χ3n) is 6.44. The van der Waals surface area contributed by atoms with Crippen molar-refractivity contribution in [2.24, 2.45) is 5.92 Å². The molecule has 0 aliphatic heterocycles. The molecule has 11 heteroatoms. The van der Waals surface area contributed by atoms with Gasteiger partial charge >= 0.3 is 5.97 Å². The number of benzene rings is 3. The van der Waals surface area contributed by atoms with Crippen molar-refractivity contribution >= 4 is 29.2 Å². The predicted molar refractivity (Wildman–Crippen MR) is 147 cm³/mol. The summed E-state index contributed by atoms with van der Waals surface area (Å²) in [5.74, 6) is -4.26. The molecule has 5 rings (SSSR count). The van der Waals surface area contributed by atoms with Crippen LogP contribution in [0.15, 0.2) is 79.1 Å². The number of alkyl halides is 2. The largest absolute Gasteiger partial charge is 0.489 e. The number of anilines is 1. The zero-order chi connectivity index (χ0) is 29.0. The van der Waals surface area contributed by atoms with Gasteiger partial charge in [0, 0.05) is 47.3 Å². The Morgan fingerprint density at radius 1 is 0.927 bits per heavy atom. The Bertz CT molecular complexity index is 1570. The number of amides is 1. The minimum Gasteiger partial charge on any atom is -0.489 e. The summed E-state index contributed by atoms with van der Waals surface area (Å²) in [5.41, 5.74) is 2.14. The van der Waals surface area contributed by atoms with Crippen LogP contribution in [0.25, 0.3) is 11.4 Å². The Kier molecular flexibility index (Phi) is 8.11. The zero-order valence-electron chi connectivity index (χ0n) is 21.5. The minimum absolute atomic E-state index is 0.0107. The molecular formula is C30H24ClF2N3O5. The summed E-state index contributed by atoms with van der Waals surface area (Å²) < 4.78 is 37.8. The van der Waals surface area contributed by atoms with Gasteiger partial charge in [-0.25, -0.2) is 23.5 Å². The Labute approximate surface area is 238 Å². The fourth-order valence-electron chi connectivity index (χ4n) is 4.24. The van der Waals surface area contributed by atoms with E-state index in [0.29, 0.717) is 28.8 Å². The van der Waals surface area contributed by atoms with E-state index in [1.807, 2.05) is 42.5 Å². The van der Waals surface area contributed by atoms with Gasteiger partial charge in [-0.2, -0.15) is 0 Å². The Morgan fingerprint density at radius 2 is 1.61 bits per heavy atom. The maximum absolute atomic E-state index is 13.1. The maximum Gasteiger partial charge on any atom is 0.337 e. The summed E-state index contributed by atoms with van der Waals surface area (Å²) in [4.78, 5) is 32.8. The van der Waals surface area contributed by atoms with Gasteiger partial charge in [0.05, 0.1) is 11.3 Å². The first kappa shape index (κ1) is 28.0. The number of nitrogens with one attached hydrogen (secondary N) is 1. The van der Waals surface area contributed by atoms with E-state index in [-0.39, 0.29) is 23.6 Å². The first-order valence-corrected chi connectivity index (χ1v) is 13.0. The number of carboxylic acid groups (broad SMARTS) is 1. The van der Waals surface area contributed by atoms with Gasteiger partial charge in [-0.05, 0) is 48.0 Å². The van der Waals surface area contributed by atoms with E-state index in [9.17, 15) is 23.5 Å². The average molecular weight is 580 g/mol. The molecule has 2 N–H and O–H groups in total. The molecule has 1 saturated carbocycles. The van der Waals surface area contributed by atoms with Crippen molar-refractivity contribution in [2.45, 2.75) is 32.0 Å². The van der Waals surface area contributed by atoms with E-state index >= 15 is 0 Å². The van der Waals surface area contributed by atoms with Gasteiger partial charge in [-0.3, -0.25) is 4.79 Å². The number of nitrogens with zero attached hydrogens (tertiary/aromatic N) is 2. The van der Waals surface area contributed by atoms with Gasteiger partial charge in [0.15, 0.2) is 5.82 Å². The number of halogens is 3. The molecule has 0 saturated heterocycles. The normalized spacial score (nSPS) is 14.1. The molecule has 1 heterocycles. The number of carboxylic acids is 1. The molecule has 0 radical (unpaired) electrons.